The SMILES string of the molecule is CC(NCc1cccc(Cn2cncn2)c1)c1ccc2c(c1)OCO2. The molecule has 0 bridgehead atoms. The van der Waals surface area contributed by atoms with Crippen LogP contribution in [0, 0.1) is 0 Å². The summed E-state index contributed by atoms with van der Waals surface area (Å²) in [7, 11) is 0. The lowest BCUT2D eigenvalue weighted by atomic mass is 10.1. The van der Waals surface area contributed by atoms with Crippen LogP contribution in [0.2, 0.25) is 0 Å². The molecule has 1 aliphatic rings. The summed E-state index contributed by atoms with van der Waals surface area (Å²) in [6.07, 6.45) is 3.28. The standard InChI is InChI=1S/C19H20N4O2/c1-14(17-5-6-18-19(8-17)25-13-24-18)21-9-15-3-2-4-16(7-15)10-23-12-20-11-22-23/h2-8,11-12,14,21H,9-10,13H2,1H3. The maximum absolute atomic E-state index is 5.45. The molecule has 2 heterocycles. The Morgan fingerprint density at radius 3 is 2.88 bits per heavy atom. The molecule has 0 aliphatic carbocycles. The van der Waals surface area contributed by atoms with Gasteiger partial charge >= 0.3 is 0 Å². The van der Waals surface area contributed by atoms with Crippen molar-refractivity contribution < 1.29 is 9.47 Å². The fraction of sp³-hybridized carbons (Fsp3) is 0.263. The molecular formula is C19H20N4O2. The first-order valence-electron chi connectivity index (χ1n) is 8.31. The Hall–Kier alpha value is -2.86. The van der Waals surface area contributed by atoms with Crippen LogP contribution >= 0.6 is 0 Å². The average molecular weight is 336 g/mol. The minimum Gasteiger partial charge on any atom is -0.454 e. The van der Waals surface area contributed by atoms with Crippen molar-refractivity contribution in [2.75, 3.05) is 6.79 Å². The number of benzene rings is 2. The highest BCUT2D eigenvalue weighted by atomic mass is 16.7. The number of hydrogen-bond acceptors (Lipinski definition) is 5. The highest BCUT2D eigenvalue weighted by Gasteiger charge is 2.15. The first-order chi connectivity index (χ1) is 12.3. The number of nitrogens with zero attached hydrogens (tertiary/aromatic N) is 3. The lowest BCUT2D eigenvalue weighted by molar-refractivity contribution is 0.174. The van der Waals surface area contributed by atoms with Crippen molar-refractivity contribution in [1.29, 1.82) is 0 Å². The molecule has 2 aromatic carbocycles. The molecule has 128 valence electrons. The number of hydrogen-bond donors (Lipinski definition) is 1. The molecule has 1 N–H and O–H groups in total. The lowest BCUT2D eigenvalue weighted by Crippen LogP contribution is -2.18. The van der Waals surface area contributed by atoms with Gasteiger partial charge in [-0.1, -0.05) is 30.3 Å². The van der Waals surface area contributed by atoms with Crippen molar-refractivity contribution in [1.82, 2.24) is 20.1 Å². The van der Waals surface area contributed by atoms with Crippen LogP contribution in [-0.2, 0) is 13.1 Å². The van der Waals surface area contributed by atoms with Crippen molar-refractivity contribution in [3.8, 4) is 11.5 Å². The maximum Gasteiger partial charge on any atom is 0.231 e. The predicted octanol–water partition coefficient (Wildman–Crippen LogP) is 2.91. The van der Waals surface area contributed by atoms with E-state index in [1.165, 1.54) is 16.7 Å². The van der Waals surface area contributed by atoms with Gasteiger partial charge in [0.05, 0.1) is 6.54 Å². The fourth-order valence-electron chi connectivity index (χ4n) is 2.91. The highest BCUT2D eigenvalue weighted by molar-refractivity contribution is 5.45. The summed E-state index contributed by atoms with van der Waals surface area (Å²) >= 11 is 0. The molecule has 25 heavy (non-hydrogen) atoms. The molecule has 0 fully saturated rings. The van der Waals surface area contributed by atoms with Crippen molar-refractivity contribution in [3.05, 3.63) is 71.8 Å². The second kappa shape index (κ2) is 6.94. The van der Waals surface area contributed by atoms with Gasteiger partial charge in [-0.05, 0) is 35.7 Å². The molecule has 1 unspecified atom stereocenters. The van der Waals surface area contributed by atoms with Crippen LogP contribution in [0.5, 0.6) is 11.5 Å². The van der Waals surface area contributed by atoms with E-state index >= 15 is 0 Å². The molecule has 1 atom stereocenters. The number of ether oxygens (including phenoxy) is 2. The van der Waals surface area contributed by atoms with E-state index < -0.39 is 0 Å². The summed E-state index contributed by atoms with van der Waals surface area (Å²) in [5, 5.41) is 7.71. The quantitative estimate of drug-likeness (QED) is 0.750. The van der Waals surface area contributed by atoms with E-state index in [9.17, 15) is 0 Å². The van der Waals surface area contributed by atoms with Crippen LogP contribution in [0.4, 0.5) is 0 Å². The third-order valence-electron chi connectivity index (χ3n) is 4.31. The maximum atomic E-state index is 5.45. The molecule has 0 spiro atoms. The fourth-order valence-corrected chi connectivity index (χ4v) is 2.91. The van der Waals surface area contributed by atoms with Crippen molar-refractivity contribution in [2.24, 2.45) is 0 Å². The minimum atomic E-state index is 0.216. The van der Waals surface area contributed by atoms with Gasteiger partial charge in [0.25, 0.3) is 0 Å². The molecule has 3 aromatic rings. The van der Waals surface area contributed by atoms with Crippen LogP contribution < -0.4 is 14.8 Å². The Balaban J connectivity index is 1.39. The molecule has 1 aliphatic heterocycles. The first kappa shape index (κ1) is 15.7. The van der Waals surface area contributed by atoms with Gasteiger partial charge in [0, 0.05) is 12.6 Å². The van der Waals surface area contributed by atoms with Crippen molar-refractivity contribution >= 4 is 0 Å². The van der Waals surface area contributed by atoms with Crippen LogP contribution in [0.15, 0.2) is 55.1 Å². The van der Waals surface area contributed by atoms with E-state index in [0.717, 1.165) is 24.6 Å². The Morgan fingerprint density at radius 1 is 1.12 bits per heavy atom. The van der Waals surface area contributed by atoms with Gasteiger partial charge in [0.1, 0.15) is 12.7 Å². The zero-order chi connectivity index (χ0) is 17.1. The lowest BCUT2D eigenvalue weighted by Gasteiger charge is -2.15. The minimum absolute atomic E-state index is 0.216. The van der Waals surface area contributed by atoms with Crippen LogP contribution in [0.25, 0.3) is 0 Å². The second-order valence-electron chi connectivity index (χ2n) is 6.13. The number of nitrogens with one attached hydrogen (secondary N) is 1. The van der Waals surface area contributed by atoms with Gasteiger partial charge < -0.3 is 14.8 Å². The third kappa shape index (κ3) is 3.64. The summed E-state index contributed by atoms with van der Waals surface area (Å²) in [6.45, 7) is 3.97. The van der Waals surface area contributed by atoms with E-state index in [4.69, 9.17) is 9.47 Å². The van der Waals surface area contributed by atoms with E-state index in [1.807, 2.05) is 16.8 Å². The summed E-state index contributed by atoms with van der Waals surface area (Å²) in [5.74, 6) is 1.64. The monoisotopic (exact) mass is 336 g/mol. The molecule has 0 saturated heterocycles. The van der Waals surface area contributed by atoms with Crippen LogP contribution in [0.3, 0.4) is 0 Å². The zero-order valence-corrected chi connectivity index (χ0v) is 14.1. The van der Waals surface area contributed by atoms with Gasteiger partial charge in [-0.3, -0.25) is 0 Å². The van der Waals surface area contributed by atoms with E-state index in [-0.39, 0.29) is 6.04 Å². The molecule has 6 heteroatoms. The predicted molar refractivity (Wildman–Crippen MR) is 93.4 cm³/mol. The molecule has 1 aromatic heterocycles. The largest absolute Gasteiger partial charge is 0.454 e. The summed E-state index contributed by atoms with van der Waals surface area (Å²) in [6, 6.07) is 14.8. The average Bonchev–Trinajstić information content (AvgIpc) is 3.30. The Labute approximate surface area is 146 Å². The number of fused-ring (bicyclic) bond motifs is 1. The van der Waals surface area contributed by atoms with Gasteiger partial charge in [0.15, 0.2) is 11.5 Å². The van der Waals surface area contributed by atoms with Crippen LogP contribution in [-0.4, -0.2) is 21.6 Å². The molecule has 0 saturated carbocycles. The summed E-state index contributed by atoms with van der Waals surface area (Å²) in [5.41, 5.74) is 3.63. The Morgan fingerprint density at radius 2 is 2.00 bits per heavy atom. The molecule has 0 amide bonds. The van der Waals surface area contributed by atoms with Gasteiger partial charge in [-0.25, -0.2) is 9.67 Å². The highest BCUT2D eigenvalue weighted by Crippen LogP contribution is 2.34. The van der Waals surface area contributed by atoms with E-state index in [0.29, 0.717) is 6.79 Å². The van der Waals surface area contributed by atoms with Crippen molar-refractivity contribution in [3.63, 3.8) is 0 Å². The van der Waals surface area contributed by atoms with E-state index in [1.54, 1.807) is 12.7 Å². The molecular weight excluding hydrogens is 316 g/mol. The molecule has 0 radical (unpaired) electrons. The van der Waals surface area contributed by atoms with Crippen LogP contribution in [0.1, 0.15) is 29.7 Å². The van der Waals surface area contributed by atoms with Gasteiger partial charge in [0.2, 0.25) is 6.79 Å². The first-order valence-corrected chi connectivity index (χ1v) is 8.31. The zero-order valence-electron chi connectivity index (χ0n) is 14.1. The van der Waals surface area contributed by atoms with Gasteiger partial charge in [-0.2, -0.15) is 5.10 Å². The van der Waals surface area contributed by atoms with Crippen molar-refractivity contribution in [2.45, 2.75) is 26.1 Å². The van der Waals surface area contributed by atoms with Gasteiger partial charge in [-0.15, -0.1) is 0 Å². The molecule has 6 nitrogen and oxygen atoms in total. The molecule has 4 rings (SSSR count). The number of rotatable bonds is 6. The smallest absolute Gasteiger partial charge is 0.231 e. The summed E-state index contributed by atoms with van der Waals surface area (Å²) in [4.78, 5) is 3.98. The Kier molecular flexibility index (Phi) is 4.35. The summed E-state index contributed by atoms with van der Waals surface area (Å²) < 4.78 is 12.6. The second-order valence-corrected chi connectivity index (χ2v) is 6.13. The normalized spacial score (nSPS) is 13.8. The third-order valence-corrected chi connectivity index (χ3v) is 4.31. The van der Waals surface area contributed by atoms with E-state index in [2.05, 4.69) is 52.7 Å². The topological polar surface area (TPSA) is 61.2 Å². The number of aromatic nitrogens is 3. The Bertz CT molecular complexity index is 848.